The molecule has 1 N–H and O–H groups in total. The summed E-state index contributed by atoms with van der Waals surface area (Å²) in [5.74, 6) is -1.86. The first-order chi connectivity index (χ1) is 12.1. The van der Waals surface area contributed by atoms with Gasteiger partial charge in [0, 0.05) is 22.8 Å². The smallest absolute Gasteiger partial charge is 0.341 e. The Hall–Kier alpha value is -2.74. The molecule has 0 fully saturated rings. The van der Waals surface area contributed by atoms with Gasteiger partial charge in [-0.25, -0.2) is 4.79 Å². The Bertz CT molecular complexity index is 831. The van der Waals surface area contributed by atoms with Crippen molar-refractivity contribution in [2.75, 3.05) is 19.5 Å². The number of carbonyl (C=O) groups excluding carboxylic acids is 3. The van der Waals surface area contributed by atoms with Crippen LogP contribution in [0.5, 0.6) is 0 Å². The fraction of sp³-hybridized carbons (Fsp3) is 0.294. The van der Waals surface area contributed by atoms with Gasteiger partial charge in [-0.15, -0.1) is 11.3 Å². The number of rotatable bonds is 4. The van der Waals surface area contributed by atoms with Gasteiger partial charge in [-0.05, 0) is 30.5 Å². The number of aryl methyl sites for hydroxylation is 1. The summed E-state index contributed by atoms with van der Waals surface area (Å²) in [6.07, 6.45) is 4.25. The number of esters is 2. The number of anilines is 1. The highest BCUT2D eigenvalue weighted by Crippen LogP contribution is 2.45. The van der Waals surface area contributed by atoms with Crippen molar-refractivity contribution in [3.63, 3.8) is 0 Å². The summed E-state index contributed by atoms with van der Waals surface area (Å²) >= 11 is 1.29. The van der Waals surface area contributed by atoms with E-state index in [1.165, 1.54) is 38.0 Å². The topological polar surface area (TPSA) is 94.6 Å². The molecule has 0 unspecified atom stereocenters. The molecular formula is C17H16N2O5S. The molecule has 0 saturated carbocycles. The number of hydrogen-bond acceptors (Lipinski definition) is 7. The second-order valence-corrected chi connectivity index (χ2v) is 6.54. The normalized spacial score (nSPS) is 15.4. The first-order valence-corrected chi connectivity index (χ1v) is 8.41. The molecule has 3 rings (SSSR count). The van der Waals surface area contributed by atoms with Crippen LogP contribution in [0.1, 0.15) is 43.5 Å². The van der Waals surface area contributed by atoms with E-state index in [1.54, 1.807) is 12.1 Å². The minimum absolute atomic E-state index is 0.234. The lowest BCUT2D eigenvalue weighted by Crippen LogP contribution is -2.17. The molecular weight excluding hydrogens is 344 g/mol. The lowest BCUT2D eigenvalue weighted by molar-refractivity contribution is -0.142. The van der Waals surface area contributed by atoms with Crippen LogP contribution in [-0.2, 0) is 20.7 Å². The highest BCUT2D eigenvalue weighted by atomic mass is 32.1. The zero-order valence-electron chi connectivity index (χ0n) is 13.7. The van der Waals surface area contributed by atoms with Crippen molar-refractivity contribution in [2.45, 2.75) is 18.8 Å². The summed E-state index contributed by atoms with van der Waals surface area (Å²) in [4.78, 5) is 41.5. The molecule has 25 heavy (non-hydrogen) atoms. The van der Waals surface area contributed by atoms with Gasteiger partial charge in [0.05, 0.1) is 25.7 Å². The van der Waals surface area contributed by atoms with Crippen LogP contribution >= 0.6 is 11.3 Å². The van der Waals surface area contributed by atoms with Crippen molar-refractivity contribution >= 4 is 34.2 Å². The Morgan fingerprint density at radius 3 is 2.56 bits per heavy atom. The summed E-state index contributed by atoms with van der Waals surface area (Å²) < 4.78 is 9.70. The molecule has 130 valence electrons. The lowest BCUT2D eigenvalue weighted by Gasteiger charge is -2.11. The molecule has 2 aromatic rings. The maximum atomic E-state index is 12.4. The van der Waals surface area contributed by atoms with Crippen molar-refractivity contribution in [1.82, 2.24) is 4.98 Å². The predicted octanol–water partition coefficient (Wildman–Crippen LogP) is 2.38. The van der Waals surface area contributed by atoms with Gasteiger partial charge < -0.3 is 14.8 Å². The summed E-state index contributed by atoms with van der Waals surface area (Å²) in [5, 5.41) is 3.13. The fourth-order valence-corrected chi connectivity index (χ4v) is 4.17. The van der Waals surface area contributed by atoms with Crippen molar-refractivity contribution in [3.05, 3.63) is 46.1 Å². The highest BCUT2D eigenvalue weighted by molar-refractivity contribution is 7.17. The predicted molar refractivity (Wildman–Crippen MR) is 90.9 cm³/mol. The molecule has 0 saturated heterocycles. The Labute approximate surface area is 148 Å². The van der Waals surface area contributed by atoms with Crippen LogP contribution in [0.15, 0.2) is 24.5 Å². The van der Waals surface area contributed by atoms with Crippen LogP contribution in [0.4, 0.5) is 5.00 Å². The van der Waals surface area contributed by atoms with E-state index < -0.39 is 17.9 Å². The van der Waals surface area contributed by atoms with E-state index in [0.29, 0.717) is 29.0 Å². The largest absolute Gasteiger partial charge is 0.469 e. The van der Waals surface area contributed by atoms with E-state index in [0.717, 1.165) is 4.88 Å². The number of amides is 1. The van der Waals surface area contributed by atoms with Gasteiger partial charge in [-0.1, -0.05) is 0 Å². The average Bonchev–Trinajstić information content (AvgIpc) is 3.19. The van der Waals surface area contributed by atoms with Gasteiger partial charge >= 0.3 is 11.9 Å². The van der Waals surface area contributed by atoms with Crippen LogP contribution in [0.25, 0.3) is 0 Å². The Balaban J connectivity index is 1.99. The van der Waals surface area contributed by atoms with E-state index in [9.17, 15) is 14.4 Å². The molecule has 8 heteroatoms. The number of fused-ring (bicyclic) bond motifs is 1. The highest BCUT2D eigenvalue weighted by Gasteiger charge is 2.38. The molecule has 0 aliphatic heterocycles. The van der Waals surface area contributed by atoms with Crippen molar-refractivity contribution in [3.8, 4) is 0 Å². The average molecular weight is 360 g/mol. The zero-order valence-corrected chi connectivity index (χ0v) is 14.5. The Morgan fingerprint density at radius 2 is 1.92 bits per heavy atom. The number of hydrogen-bond donors (Lipinski definition) is 1. The Morgan fingerprint density at radius 1 is 1.20 bits per heavy atom. The minimum Gasteiger partial charge on any atom is -0.469 e. The van der Waals surface area contributed by atoms with E-state index in [1.807, 2.05) is 0 Å². The van der Waals surface area contributed by atoms with Crippen LogP contribution in [0.3, 0.4) is 0 Å². The van der Waals surface area contributed by atoms with Crippen molar-refractivity contribution in [2.24, 2.45) is 0 Å². The second-order valence-electron chi connectivity index (χ2n) is 5.44. The van der Waals surface area contributed by atoms with E-state index in [-0.39, 0.29) is 11.5 Å². The molecule has 1 amide bonds. The summed E-state index contributed by atoms with van der Waals surface area (Å²) in [6, 6.07) is 3.15. The number of thiophene rings is 1. The van der Waals surface area contributed by atoms with Crippen LogP contribution in [-0.4, -0.2) is 37.0 Å². The van der Waals surface area contributed by atoms with Crippen LogP contribution < -0.4 is 5.32 Å². The lowest BCUT2D eigenvalue weighted by atomic mass is 9.99. The third-order valence-corrected chi connectivity index (χ3v) is 5.26. The molecule has 0 bridgehead atoms. The number of methoxy groups -OCH3 is 2. The van der Waals surface area contributed by atoms with Gasteiger partial charge in [-0.2, -0.15) is 0 Å². The number of nitrogens with zero attached hydrogens (tertiary/aromatic N) is 1. The van der Waals surface area contributed by atoms with Crippen LogP contribution in [0.2, 0.25) is 0 Å². The van der Waals surface area contributed by atoms with Gasteiger partial charge in [0.2, 0.25) is 0 Å². The van der Waals surface area contributed by atoms with Gasteiger partial charge in [0.1, 0.15) is 5.00 Å². The van der Waals surface area contributed by atoms with Crippen molar-refractivity contribution in [1.29, 1.82) is 0 Å². The summed E-state index contributed by atoms with van der Waals surface area (Å²) in [6.45, 7) is 0. The maximum Gasteiger partial charge on any atom is 0.341 e. The maximum absolute atomic E-state index is 12.4. The number of aromatic nitrogens is 1. The van der Waals surface area contributed by atoms with Gasteiger partial charge in [-0.3, -0.25) is 14.6 Å². The molecule has 7 nitrogen and oxygen atoms in total. The molecule has 0 spiro atoms. The summed E-state index contributed by atoms with van der Waals surface area (Å²) in [7, 11) is 2.58. The number of nitrogens with one attached hydrogen (secondary N) is 1. The van der Waals surface area contributed by atoms with Crippen molar-refractivity contribution < 1.29 is 23.9 Å². The standard InChI is InChI=1S/C17H16N2O5S/c1-23-16(21)10-3-4-11-12(10)13(17(22)24-2)15(25-11)19-14(20)9-5-7-18-8-6-9/h5-8,10H,3-4H2,1-2H3,(H,19,20)/t10-/m0/s1. The molecule has 0 radical (unpaired) electrons. The molecule has 1 aliphatic carbocycles. The van der Waals surface area contributed by atoms with Gasteiger partial charge in [0.25, 0.3) is 5.91 Å². The quantitative estimate of drug-likeness (QED) is 0.841. The zero-order chi connectivity index (χ0) is 18.0. The third-order valence-electron chi connectivity index (χ3n) is 4.08. The molecule has 1 aliphatic rings. The number of carbonyl (C=O) groups is 3. The first-order valence-electron chi connectivity index (χ1n) is 7.59. The molecule has 0 aromatic carbocycles. The first kappa shape index (κ1) is 17.1. The minimum atomic E-state index is -0.585. The molecule has 2 heterocycles. The number of pyridine rings is 1. The monoisotopic (exact) mass is 360 g/mol. The van der Waals surface area contributed by atoms with Crippen LogP contribution in [0, 0.1) is 0 Å². The van der Waals surface area contributed by atoms with E-state index in [2.05, 4.69) is 10.3 Å². The molecule has 2 aromatic heterocycles. The molecule has 1 atom stereocenters. The number of ether oxygens (including phenoxy) is 2. The second kappa shape index (κ2) is 7.02. The summed E-state index contributed by atoms with van der Waals surface area (Å²) in [5.41, 5.74) is 1.26. The SMILES string of the molecule is COC(=O)c1c(NC(=O)c2ccncc2)sc2c1[C@@H](C(=O)OC)CC2. The van der Waals surface area contributed by atoms with E-state index >= 15 is 0 Å². The van der Waals surface area contributed by atoms with Gasteiger partial charge in [0.15, 0.2) is 0 Å². The Kier molecular flexibility index (Phi) is 4.80. The third kappa shape index (κ3) is 3.12. The fourth-order valence-electron chi connectivity index (χ4n) is 2.91. The van der Waals surface area contributed by atoms with E-state index in [4.69, 9.17) is 9.47 Å².